The van der Waals surface area contributed by atoms with E-state index in [4.69, 9.17) is 5.73 Å². The van der Waals surface area contributed by atoms with Crippen molar-refractivity contribution < 1.29 is 0 Å². The third-order valence-electron chi connectivity index (χ3n) is 3.49. The Balaban J connectivity index is 4.36. The van der Waals surface area contributed by atoms with Crippen molar-refractivity contribution in [2.24, 2.45) is 17.6 Å². The van der Waals surface area contributed by atoms with Gasteiger partial charge in [0.2, 0.25) is 0 Å². The monoisotopic (exact) mass is 214 g/mol. The van der Waals surface area contributed by atoms with Gasteiger partial charge in [-0.3, -0.25) is 4.90 Å². The van der Waals surface area contributed by atoms with Crippen LogP contribution in [0.3, 0.4) is 0 Å². The fourth-order valence-electron chi connectivity index (χ4n) is 2.09. The molecule has 92 valence electrons. The molecule has 2 heteroatoms. The van der Waals surface area contributed by atoms with Crippen molar-refractivity contribution in [3.63, 3.8) is 0 Å². The predicted molar refractivity (Wildman–Crippen MR) is 69.0 cm³/mol. The third-order valence-corrected chi connectivity index (χ3v) is 3.49. The lowest BCUT2D eigenvalue weighted by Gasteiger charge is -2.40. The molecule has 0 saturated heterocycles. The summed E-state index contributed by atoms with van der Waals surface area (Å²) in [5.41, 5.74) is 6.10. The summed E-state index contributed by atoms with van der Waals surface area (Å²) in [5, 5.41) is 0. The van der Waals surface area contributed by atoms with Crippen LogP contribution in [0.25, 0.3) is 0 Å². The average Bonchev–Trinajstić information content (AvgIpc) is 2.16. The summed E-state index contributed by atoms with van der Waals surface area (Å²) in [6, 6.07) is 0. The number of nitrogens with zero attached hydrogens (tertiary/aromatic N) is 1. The molecule has 0 bridgehead atoms. The minimum Gasteiger partial charge on any atom is -0.329 e. The van der Waals surface area contributed by atoms with Crippen LogP contribution in [0.5, 0.6) is 0 Å². The second-order valence-corrected chi connectivity index (χ2v) is 5.69. The van der Waals surface area contributed by atoms with Gasteiger partial charge in [0.1, 0.15) is 0 Å². The molecule has 15 heavy (non-hydrogen) atoms. The summed E-state index contributed by atoms with van der Waals surface area (Å²) in [6.45, 7) is 13.3. The standard InChI is InChI=1S/C13H30N2/c1-7-12(4)9-15(6)13(5,10-14)8-11(2)3/h11-12H,7-10,14H2,1-6H3. The van der Waals surface area contributed by atoms with E-state index in [1.54, 1.807) is 0 Å². The van der Waals surface area contributed by atoms with Crippen molar-refractivity contribution in [1.29, 1.82) is 0 Å². The van der Waals surface area contributed by atoms with E-state index >= 15 is 0 Å². The Hall–Kier alpha value is -0.0800. The SMILES string of the molecule is CCC(C)CN(C)C(C)(CN)CC(C)C. The largest absolute Gasteiger partial charge is 0.329 e. The van der Waals surface area contributed by atoms with Crippen molar-refractivity contribution in [2.45, 2.75) is 53.0 Å². The van der Waals surface area contributed by atoms with Crippen LogP contribution in [-0.2, 0) is 0 Å². The molecule has 0 aliphatic heterocycles. The van der Waals surface area contributed by atoms with Gasteiger partial charge in [-0.25, -0.2) is 0 Å². The average molecular weight is 214 g/mol. The Kier molecular flexibility index (Phi) is 6.46. The zero-order valence-corrected chi connectivity index (χ0v) is 11.5. The molecule has 0 rings (SSSR count). The van der Waals surface area contributed by atoms with Gasteiger partial charge in [0.05, 0.1) is 0 Å². The van der Waals surface area contributed by atoms with Crippen LogP contribution in [0.1, 0.15) is 47.5 Å². The van der Waals surface area contributed by atoms with E-state index in [1.165, 1.54) is 12.8 Å². The maximum Gasteiger partial charge on any atom is 0.0303 e. The van der Waals surface area contributed by atoms with Gasteiger partial charge in [0.25, 0.3) is 0 Å². The molecule has 2 atom stereocenters. The number of nitrogens with two attached hydrogens (primary N) is 1. The molecule has 0 aliphatic carbocycles. The van der Waals surface area contributed by atoms with Crippen LogP contribution in [0.2, 0.25) is 0 Å². The number of likely N-dealkylation sites (N-methyl/N-ethyl adjacent to an activating group) is 1. The highest BCUT2D eigenvalue weighted by molar-refractivity contribution is 4.87. The molecule has 0 radical (unpaired) electrons. The van der Waals surface area contributed by atoms with Crippen LogP contribution in [0.4, 0.5) is 0 Å². The summed E-state index contributed by atoms with van der Waals surface area (Å²) >= 11 is 0. The molecular weight excluding hydrogens is 184 g/mol. The summed E-state index contributed by atoms with van der Waals surface area (Å²) in [5.74, 6) is 1.46. The minimum absolute atomic E-state index is 0.164. The van der Waals surface area contributed by atoms with Crippen molar-refractivity contribution in [3.8, 4) is 0 Å². The van der Waals surface area contributed by atoms with E-state index < -0.39 is 0 Å². The molecule has 0 aromatic heterocycles. The molecule has 2 nitrogen and oxygen atoms in total. The topological polar surface area (TPSA) is 29.3 Å². The van der Waals surface area contributed by atoms with Crippen molar-refractivity contribution in [2.75, 3.05) is 20.1 Å². The Labute approximate surface area is 96.2 Å². The first-order valence-electron chi connectivity index (χ1n) is 6.27. The van der Waals surface area contributed by atoms with Crippen LogP contribution in [0, 0.1) is 11.8 Å². The molecule has 0 heterocycles. The maximum absolute atomic E-state index is 5.93. The van der Waals surface area contributed by atoms with E-state index in [1.807, 2.05) is 0 Å². The third kappa shape index (κ3) is 4.98. The zero-order valence-electron chi connectivity index (χ0n) is 11.5. The highest BCUT2D eigenvalue weighted by Crippen LogP contribution is 2.23. The molecule has 0 aliphatic rings. The lowest BCUT2D eigenvalue weighted by molar-refractivity contribution is 0.102. The Bertz CT molecular complexity index is 168. The van der Waals surface area contributed by atoms with Gasteiger partial charge in [0, 0.05) is 18.6 Å². The normalized spacial score (nSPS) is 18.2. The lowest BCUT2D eigenvalue weighted by Crippen LogP contribution is -2.51. The van der Waals surface area contributed by atoms with E-state index in [9.17, 15) is 0 Å². The summed E-state index contributed by atoms with van der Waals surface area (Å²) < 4.78 is 0. The zero-order chi connectivity index (χ0) is 12.1. The molecule has 2 unspecified atom stereocenters. The maximum atomic E-state index is 5.93. The second kappa shape index (κ2) is 6.49. The highest BCUT2D eigenvalue weighted by Gasteiger charge is 2.28. The van der Waals surface area contributed by atoms with E-state index in [0.717, 1.165) is 19.0 Å². The van der Waals surface area contributed by atoms with Gasteiger partial charge in [-0.15, -0.1) is 0 Å². The first kappa shape index (κ1) is 14.9. The van der Waals surface area contributed by atoms with Crippen molar-refractivity contribution in [1.82, 2.24) is 4.90 Å². The number of hydrogen-bond donors (Lipinski definition) is 1. The molecule has 0 aromatic carbocycles. The summed E-state index contributed by atoms with van der Waals surface area (Å²) in [6.07, 6.45) is 2.42. The van der Waals surface area contributed by atoms with Gasteiger partial charge in [-0.05, 0) is 32.2 Å². The van der Waals surface area contributed by atoms with Gasteiger partial charge in [-0.1, -0.05) is 34.1 Å². The van der Waals surface area contributed by atoms with Crippen LogP contribution in [0.15, 0.2) is 0 Å². The predicted octanol–water partition coefficient (Wildman–Crippen LogP) is 2.73. The summed E-state index contributed by atoms with van der Waals surface area (Å²) in [7, 11) is 2.21. The van der Waals surface area contributed by atoms with E-state index in [0.29, 0.717) is 5.92 Å². The molecule has 2 N–H and O–H groups in total. The van der Waals surface area contributed by atoms with Gasteiger partial charge in [0.15, 0.2) is 0 Å². The molecule has 0 amide bonds. The molecular formula is C13H30N2. The van der Waals surface area contributed by atoms with Gasteiger partial charge >= 0.3 is 0 Å². The van der Waals surface area contributed by atoms with Crippen LogP contribution in [-0.4, -0.2) is 30.6 Å². The Morgan fingerprint density at radius 3 is 2.13 bits per heavy atom. The first-order chi connectivity index (χ1) is 6.85. The fourth-order valence-corrected chi connectivity index (χ4v) is 2.09. The highest BCUT2D eigenvalue weighted by atomic mass is 15.2. The number of hydrogen-bond acceptors (Lipinski definition) is 2. The summed E-state index contributed by atoms with van der Waals surface area (Å²) in [4.78, 5) is 2.45. The molecule has 0 fully saturated rings. The van der Waals surface area contributed by atoms with Gasteiger partial charge in [-0.2, -0.15) is 0 Å². The lowest BCUT2D eigenvalue weighted by atomic mass is 9.88. The quantitative estimate of drug-likeness (QED) is 0.706. The van der Waals surface area contributed by atoms with E-state index in [-0.39, 0.29) is 5.54 Å². The fraction of sp³-hybridized carbons (Fsp3) is 1.00. The minimum atomic E-state index is 0.164. The van der Waals surface area contributed by atoms with Gasteiger partial charge < -0.3 is 5.73 Å². The number of rotatable bonds is 7. The molecule has 0 spiro atoms. The van der Waals surface area contributed by atoms with Crippen molar-refractivity contribution >= 4 is 0 Å². The Morgan fingerprint density at radius 2 is 1.80 bits per heavy atom. The smallest absolute Gasteiger partial charge is 0.0303 e. The van der Waals surface area contributed by atoms with Crippen molar-refractivity contribution in [3.05, 3.63) is 0 Å². The second-order valence-electron chi connectivity index (χ2n) is 5.69. The molecule has 0 aromatic rings. The Morgan fingerprint density at radius 1 is 1.27 bits per heavy atom. The van der Waals surface area contributed by atoms with Crippen LogP contribution < -0.4 is 5.73 Å². The van der Waals surface area contributed by atoms with E-state index in [2.05, 4.69) is 46.6 Å². The van der Waals surface area contributed by atoms with Crippen LogP contribution >= 0.6 is 0 Å². The first-order valence-corrected chi connectivity index (χ1v) is 6.27. The molecule has 0 saturated carbocycles.